The molecule has 6 nitrogen and oxygen atoms in total. The van der Waals surface area contributed by atoms with Crippen molar-refractivity contribution in [2.75, 3.05) is 13.2 Å². The van der Waals surface area contributed by atoms with E-state index in [0.717, 1.165) is 36.0 Å². The summed E-state index contributed by atoms with van der Waals surface area (Å²) in [6.45, 7) is 1.71. The van der Waals surface area contributed by atoms with Crippen LogP contribution in [0.15, 0.2) is 91.0 Å². The van der Waals surface area contributed by atoms with Crippen molar-refractivity contribution in [1.82, 2.24) is 0 Å². The van der Waals surface area contributed by atoms with Gasteiger partial charge in [0.15, 0.2) is 5.79 Å². The van der Waals surface area contributed by atoms with Gasteiger partial charge >= 0.3 is 0 Å². The molecule has 0 radical (unpaired) electrons. The van der Waals surface area contributed by atoms with Gasteiger partial charge in [-0.1, -0.05) is 91.0 Å². The monoisotopic (exact) mass is 518 g/mol. The molecule has 0 saturated carbocycles. The van der Waals surface area contributed by atoms with Crippen LogP contribution in [0.2, 0.25) is 0 Å². The minimum atomic E-state index is -0.833. The summed E-state index contributed by atoms with van der Waals surface area (Å²) < 4.78 is 32.4. The normalized spacial score (nSPS) is 27.4. The van der Waals surface area contributed by atoms with Gasteiger partial charge in [0.2, 0.25) is 0 Å². The summed E-state index contributed by atoms with van der Waals surface area (Å²) in [5.74, 6) is -0.833. The molecule has 3 aromatic carbocycles. The minimum Gasteiger partial charge on any atom is -0.394 e. The molecule has 202 valence electrons. The Morgan fingerprint density at radius 3 is 1.92 bits per heavy atom. The first-order valence-corrected chi connectivity index (χ1v) is 13.6. The Bertz CT molecular complexity index is 1080. The molecule has 0 amide bonds. The Labute approximate surface area is 225 Å². The number of aliphatic hydroxyl groups is 1. The Hall–Kier alpha value is -2.58. The average Bonchev–Trinajstić information content (AvgIpc) is 2.97. The van der Waals surface area contributed by atoms with Gasteiger partial charge in [0.1, 0.15) is 12.2 Å². The van der Waals surface area contributed by atoms with E-state index in [1.165, 1.54) is 0 Å². The van der Waals surface area contributed by atoms with E-state index in [9.17, 15) is 5.11 Å². The van der Waals surface area contributed by atoms with Crippen molar-refractivity contribution in [3.63, 3.8) is 0 Å². The van der Waals surface area contributed by atoms with Crippen molar-refractivity contribution in [3.8, 4) is 0 Å². The van der Waals surface area contributed by atoms with E-state index in [4.69, 9.17) is 23.7 Å². The lowest BCUT2D eigenvalue weighted by Gasteiger charge is -2.50. The Kier molecular flexibility index (Phi) is 9.57. The second-order valence-electron chi connectivity index (χ2n) is 10.2. The summed E-state index contributed by atoms with van der Waals surface area (Å²) in [5.41, 5.74) is 3.29. The lowest BCUT2D eigenvalue weighted by atomic mass is 9.89. The number of aliphatic hydroxyl groups excluding tert-OH is 1. The molecule has 2 saturated heterocycles. The van der Waals surface area contributed by atoms with Crippen LogP contribution in [0.4, 0.5) is 0 Å². The van der Waals surface area contributed by atoms with Crippen molar-refractivity contribution in [2.45, 2.75) is 75.7 Å². The van der Waals surface area contributed by atoms with Crippen molar-refractivity contribution in [1.29, 1.82) is 0 Å². The standard InChI is InChI=1S/C32H38O6/c33-20-28-17-10-18-32(37-28)19-29(35-22-26-13-6-2-7-14-26)31(36-23-27-15-8-3-9-16-27)30(38-32)24-34-21-25-11-4-1-5-12-25/h1-9,11-16,28-31,33H,10,17-24H2/t28-,29+,30+,31-,32-/m0/s1. The predicted octanol–water partition coefficient (Wildman–Crippen LogP) is 5.42. The van der Waals surface area contributed by atoms with Gasteiger partial charge in [-0.15, -0.1) is 0 Å². The van der Waals surface area contributed by atoms with E-state index in [1.807, 2.05) is 54.6 Å². The first-order valence-electron chi connectivity index (χ1n) is 13.6. The molecule has 5 rings (SSSR count). The van der Waals surface area contributed by atoms with Crippen LogP contribution in [0.1, 0.15) is 42.4 Å². The van der Waals surface area contributed by atoms with Gasteiger partial charge in [0.05, 0.1) is 45.2 Å². The van der Waals surface area contributed by atoms with Crippen LogP contribution in [0.25, 0.3) is 0 Å². The van der Waals surface area contributed by atoms with E-state index in [2.05, 4.69) is 36.4 Å². The Balaban J connectivity index is 1.36. The number of hydrogen-bond donors (Lipinski definition) is 1. The van der Waals surface area contributed by atoms with Gasteiger partial charge in [0, 0.05) is 12.8 Å². The van der Waals surface area contributed by atoms with Gasteiger partial charge in [-0.25, -0.2) is 0 Å². The van der Waals surface area contributed by atoms with Crippen molar-refractivity contribution in [2.24, 2.45) is 0 Å². The maximum Gasteiger partial charge on any atom is 0.171 e. The minimum absolute atomic E-state index is 0.0240. The van der Waals surface area contributed by atoms with Crippen LogP contribution in [-0.2, 0) is 43.5 Å². The second-order valence-corrected chi connectivity index (χ2v) is 10.2. The van der Waals surface area contributed by atoms with Crippen molar-refractivity contribution in [3.05, 3.63) is 108 Å². The average molecular weight is 519 g/mol. The van der Waals surface area contributed by atoms with Crippen molar-refractivity contribution < 1.29 is 28.8 Å². The maximum absolute atomic E-state index is 9.86. The summed E-state index contributed by atoms with van der Waals surface area (Å²) in [6.07, 6.45) is 1.76. The Morgan fingerprint density at radius 2 is 1.32 bits per heavy atom. The molecule has 0 unspecified atom stereocenters. The molecular weight excluding hydrogens is 480 g/mol. The topological polar surface area (TPSA) is 66.4 Å². The zero-order chi connectivity index (χ0) is 26.0. The fourth-order valence-electron chi connectivity index (χ4n) is 5.35. The molecule has 1 N–H and O–H groups in total. The van der Waals surface area contributed by atoms with E-state index in [1.54, 1.807) is 0 Å². The van der Waals surface area contributed by atoms with Gasteiger partial charge in [-0.2, -0.15) is 0 Å². The summed E-state index contributed by atoms with van der Waals surface area (Å²) in [5, 5.41) is 9.86. The highest BCUT2D eigenvalue weighted by atomic mass is 16.7. The van der Waals surface area contributed by atoms with Crippen LogP contribution >= 0.6 is 0 Å². The molecule has 6 heteroatoms. The highest BCUT2D eigenvalue weighted by Gasteiger charge is 2.51. The van der Waals surface area contributed by atoms with E-state index in [0.29, 0.717) is 32.8 Å². The molecule has 2 fully saturated rings. The van der Waals surface area contributed by atoms with E-state index in [-0.39, 0.29) is 24.9 Å². The van der Waals surface area contributed by atoms with Gasteiger partial charge in [-0.05, 0) is 29.5 Å². The summed E-state index contributed by atoms with van der Waals surface area (Å²) >= 11 is 0. The molecule has 0 aliphatic carbocycles. The van der Waals surface area contributed by atoms with Crippen molar-refractivity contribution >= 4 is 0 Å². The first kappa shape index (κ1) is 27.0. The van der Waals surface area contributed by atoms with Crippen LogP contribution in [0.3, 0.4) is 0 Å². The third-order valence-corrected chi connectivity index (χ3v) is 7.27. The summed E-state index contributed by atoms with van der Waals surface area (Å²) in [6, 6.07) is 30.4. The molecule has 0 bridgehead atoms. The van der Waals surface area contributed by atoms with Gasteiger partial charge in [0.25, 0.3) is 0 Å². The van der Waals surface area contributed by atoms with Crippen LogP contribution in [0, 0.1) is 0 Å². The highest BCUT2D eigenvalue weighted by molar-refractivity contribution is 5.15. The molecule has 38 heavy (non-hydrogen) atoms. The summed E-state index contributed by atoms with van der Waals surface area (Å²) in [7, 11) is 0. The smallest absolute Gasteiger partial charge is 0.171 e. The zero-order valence-corrected chi connectivity index (χ0v) is 21.8. The molecule has 2 aliphatic rings. The lowest BCUT2D eigenvalue weighted by molar-refractivity contribution is -0.360. The molecule has 2 aliphatic heterocycles. The number of hydrogen-bond acceptors (Lipinski definition) is 6. The Morgan fingerprint density at radius 1 is 0.737 bits per heavy atom. The number of rotatable bonds is 11. The summed E-state index contributed by atoms with van der Waals surface area (Å²) in [4.78, 5) is 0. The fourth-order valence-corrected chi connectivity index (χ4v) is 5.35. The zero-order valence-electron chi connectivity index (χ0n) is 21.8. The maximum atomic E-state index is 9.86. The highest BCUT2D eigenvalue weighted by Crippen LogP contribution is 2.41. The third kappa shape index (κ3) is 7.29. The molecule has 5 atom stereocenters. The quantitative estimate of drug-likeness (QED) is 0.366. The van der Waals surface area contributed by atoms with Gasteiger partial charge < -0.3 is 28.8 Å². The van der Waals surface area contributed by atoms with Crippen LogP contribution < -0.4 is 0 Å². The lowest BCUT2D eigenvalue weighted by Crippen LogP contribution is -2.60. The molecule has 3 aromatic rings. The van der Waals surface area contributed by atoms with Crippen LogP contribution in [0.5, 0.6) is 0 Å². The number of ether oxygens (including phenoxy) is 5. The molecule has 0 aromatic heterocycles. The number of benzene rings is 3. The largest absolute Gasteiger partial charge is 0.394 e. The molecular formula is C32H38O6. The molecule has 2 heterocycles. The van der Waals surface area contributed by atoms with E-state index < -0.39 is 11.9 Å². The second kappa shape index (κ2) is 13.5. The third-order valence-electron chi connectivity index (χ3n) is 7.27. The first-order chi connectivity index (χ1) is 18.7. The van der Waals surface area contributed by atoms with Crippen LogP contribution in [-0.4, -0.2) is 48.5 Å². The predicted molar refractivity (Wildman–Crippen MR) is 144 cm³/mol. The van der Waals surface area contributed by atoms with Gasteiger partial charge in [-0.3, -0.25) is 0 Å². The van der Waals surface area contributed by atoms with E-state index >= 15 is 0 Å². The SMILES string of the molecule is OC[C@@H]1CCC[C@]2(C[C@@H](OCc3ccccc3)[C@H](OCc3ccccc3)[C@@H](COCc3ccccc3)O2)O1. The molecule has 1 spiro atoms. The fraction of sp³-hybridized carbons (Fsp3) is 0.438.